The van der Waals surface area contributed by atoms with Gasteiger partial charge in [-0.25, -0.2) is 4.98 Å². The number of carbonyl (C=O) groups is 1. The minimum Gasteiger partial charge on any atom is -0.477 e. The molecule has 0 atom stereocenters. The summed E-state index contributed by atoms with van der Waals surface area (Å²) in [6.45, 7) is 2.88. The summed E-state index contributed by atoms with van der Waals surface area (Å²) in [7, 11) is 1.76. The lowest BCUT2D eigenvalue weighted by Gasteiger charge is -2.09. The van der Waals surface area contributed by atoms with Crippen LogP contribution in [0.1, 0.15) is 18.1 Å². The van der Waals surface area contributed by atoms with Gasteiger partial charge in [0.05, 0.1) is 22.4 Å². The number of nitrogens with zero attached hydrogens (tertiary/aromatic N) is 3. The number of fused-ring (bicyclic) bond motifs is 1. The second kappa shape index (κ2) is 9.36. The molecule has 2 aromatic carbocycles. The van der Waals surface area contributed by atoms with E-state index in [0.29, 0.717) is 40.1 Å². The Morgan fingerprint density at radius 2 is 2.03 bits per heavy atom. The molecule has 0 radical (unpaired) electrons. The van der Waals surface area contributed by atoms with Gasteiger partial charge >= 0.3 is 0 Å². The van der Waals surface area contributed by atoms with Crippen LogP contribution in [0.4, 0.5) is 5.95 Å². The highest BCUT2D eigenvalue weighted by molar-refractivity contribution is 8.18. The predicted molar refractivity (Wildman–Crippen MR) is 127 cm³/mol. The molecule has 1 amide bonds. The van der Waals surface area contributed by atoms with Crippen LogP contribution in [0.2, 0.25) is 5.02 Å². The zero-order valence-electron chi connectivity index (χ0n) is 17.0. The monoisotopic (exact) mass is 453 g/mol. The number of aliphatic imine (C=N–C) groups is 1. The number of ether oxygens (including phenoxy) is 1. The van der Waals surface area contributed by atoms with Gasteiger partial charge in [-0.3, -0.25) is 4.79 Å². The molecule has 0 spiro atoms. The van der Waals surface area contributed by atoms with Crippen molar-refractivity contribution in [3.8, 4) is 5.88 Å². The van der Waals surface area contributed by atoms with E-state index in [1.807, 2.05) is 55.5 Å². The van der Waals surface area contributed by atoms with Crippen molar-refractivity contribution in [2.75, 3.05) is 19.0 Å². The van der Waals surface area contributed by atoms with Crippen LogP contribution in [-0.2, 0) is 11.3 Å². The van der Waals surface area contributed by atoms with Gasteiger partial charge in [0.2, 0.25) is 11.8 Å². The van der Waals surface area contributed by atoms with Gasteiger partial charge < -0.3 is 15.4 Å². The van der Waals surface area contributed by atoms with E-state index in [1.165, 1.54) is 11.8 Å². The van der Waals surface area contributed by atoms with E-state index >= 15 is 0 Å². The number of aromatic nitrogens is 2. The molecule has 1 aliphatic heterocycles. The molecule has 0 aliphatic carbocycles. The maximum Gasteiger partial charge on any atom is 0.286 e. The topological polar surface area (TPSA) is 88.5 Å². The minimum atomic E-state index is -0.279. The van der Waals surface area contributed by atoms with Crippen molar-refractivity contribution in [3.05, 3.63) is 63.5 Å². The third-order valence-corrected chi connectivity index (χ3v) is 5.81. The van der Waals surface area contributed by atoms with E-state index in [9.17, 15) is 4.79 Å². The number of amides is 1. The highest BCUT2D eigenvalue weighted by Crippen LogP contribution is 2.30. The van der Waals surface area contributed by atoms with E-state index in [0.717, 1.165) is 22.0 Å². The number of carbonyl (C=O) groups excluding carboxylic acids is 1. The van der Waals surface area contributed by atoms with Gasteiger partial charge in [0.1, 0.15) is 0 Å². The maximum absolute atomic E-state index is 12.4. The zero-order valence-corrected chi connectivity index (χ0v) is 18.5. The largest absolute Gasteiger partial charge is 0.477 e. The average molecular weight is 454 g/mol. The lowest BCUT2D eigenvalue weighted by atomic mass is 10.1. The molecule has 2 N–H and O–H groups in total. The number of halogens is 1. The summed E-state index contributed by atoms with van der Waals surface area (Å²) in [6.07, 6.45) is 1.81. The van der Waals surface area contributed by atoms with Crippen LogP contribution < -0.4 is 15.4 Å². The molecule has 2 heterocycles. The summed E-state index contributed by atoms with van der Waals surface area (Å²) in [4.78, 5) is 25.9. The molecule has 1 aromatic heterocycles. The molecule has 3 aromatic rings. The Morgan fingerprint density at radius 3 is 2.81 bits per heavy atom. The SMILES string of the molecule is CCOc1nc(NC)nc2ccc(C=C3SC(NCc4ccccc4Cl)=NC3=O)cc12. The molecule has 9 heteroatoms. The van der Waals surface area contributed by atoms with Gasteiger partial charge in [0.25, 0.3) is 5.91 Å². The van der Waals surface area contributed by atoms with Gasteiger partial charge in [-0.1, -0.05) is 35.9 Å². The third-order valence-electron chi connectivity index (χ3n) is 4.50. The number of thioether (sulfide) groups is 1. The number of rotatable bonds is 6. The van der Waals surface area contributed by atoms with Crippen LogP contribution in [0.15, 0.2) is 52.4 Å². The summed E-state index contributed by atoms with van der Waals surface area (Å²) in [5.41, 5.74) is 2.54. The van der Waals surface area contributed by atoms with Crippen molar-refractivity contribution in [2.45, 2.75) is 13.5 Å². The molecular formula is C22H20ClN5O2S. The minimum absolute atomic E-state index is 0.279. The summed E-state index contributed by atoms with van der Waals surface area (Å²) in [5, 5.41) is 8.11. The fraction of sp³-hybridized carbons (Fsp3) is 0.182. The van der Waals surface area contributed by atoms with Crippen molar-refractivity contribution in [1.82, 2.24) is 15.3 Å². The second-order valence-electron chi connectivity index (χ2n) is 6.59. The number of anilines is 1. The molecule has 0 bridgehead atoms. The summed E-state index contributed by atoms with van der Waals surface area (Å²) < 4.78 is 5.68. The first-order valence-corrected chi connectivity index (χ1v) is 10.9. The first-order valence-electron chi connectivity index (χ1n) is 9.69. The smallest absolute Gasteiger partial charge is 0.286 e. The molecule has 0 saturated carbocycles. The molecular weight excluding hydrogens is 434 g/mol. The summed E-state index contributed by atoms with van der Waals surface area (Å²) in [6, 6.07) is 13.3. The highest BCUT2D eigenvalue weighted by atomic mass is 35.5. The molecule has 1 aliphatic rings. The van der Waals surface area contributed by atoms with Crippen molar-refractivity contribution < 1.29 is 9.53 Å². The fourth-order valence-electron chi connectivity index (χ4n) is 3.02. The predicted octanol–water partition coefficient (Wildman–Crippen LogP) is 4.48. The maximum atomic E-state index is 12.4. The normalized spacial score (nSPS) is 14.7. The van der Waals surface area contributed by atoms with Crippen LogP contribution in [0, 0.1) is 0 Å². The zero-order chi connectivity index (χ0) is 21.8. The molecule has 4 rings (SSSR count). The van der Waals surface area contributed by atoms with Crippen LogP contribution >= 0.6 is 23.4 Å². The van der Waals surface area contributed by atoms with Crippen LogP contribution in [0.3, 0.4) is 0 Å². The van der Waals surface area contributed by atoms with E-state index in [4.69, 9.17) is 16.3 Å². The number of hydrogen-bond donors (Lipinski definition) is 2. The Kier molecular flexibility index (Phi) is 6.39. The van der Waals surface area contributed by atoms with Gasteiger partial charge in [-0.15, -0.1) is 0 Å². The Labute approximate surface area is 189 Å². The molecule has 158 valence electrons. The third kappa shape index (κ3) is 4.81. The summed E-state index contributed by atoms with van der Waals surface area (Å²) in [5.74, 6) is 0.714. The number of nitrogens with one attached hydrogen (secondary N) is 2. The molecule has 31 heavy (non-hydrogen) atoms. The Bertz CT molecular complexity index is 1210. The van der Waals surface area contributed by atoms with Crippen LogP contribution in [0.25, 0.3) is 17.0 Å². The van der Waals surface area contributed by atoms with Gasteiger partial charge in [0.15, 0.2) is 5.17 Å². The number of amidine groups is 1. The fourth-order valence-corrected chi connectivity index (χ4v) is 4.03. The van der Waals surface area contributed by atoms with Crippen LogP contribution in [0.5, 0.6) is 5.88 Å². The van der Waals surface area contributed by atoms with Crippen molar-refractivity contribution in [2.24, 2.45) is 4.99 Å². The van der Waals surface area contributed by atoms with E-state index in [1.54, 1.807) is 7.05 Å². The van der Waals surface area contributed by atoms with Crippen molar-refractivity contribution in [3.63, 3.8) is 0 Å². The number of benzene rings is 2. The lowest BCUT2D eigenvalue weighted by molar-refractivity contribution is -0.113. The molecule has 0 unspecified atom stereocenters. The highest BCUT2D eigenvalue weighted by Gasteiger charge is 2.22. The molecule has 0 fully saturated rings. The first kappa shape index (κ1) is 21.1. The van der Waals surface area contributed by atoms with E-state index in [-0.39, 0.29) is 5.91 Å². The van der Waals surface area contributed by atoms with E-state index < -0.39 is 0 Å². The second-order valence-corrected chi connectivity index (χ2v) is 8.03. The Morgan fingerprint density at radius 1 is 1.19 bits per heavy atom. The Hall–Kier alpha value is -3.10. The number of hydrogen-bond acceptors (Lipinski definition) is 7. The summed E-state index contributed by atoms with van der Waals surface area (Å²) >= 11 is 7.49. The molecule has 7 nitrogen and oxygen atoms in total. The lowest BCUT2D eigenvalue weighted by Crippen LogP contribution is -2.18. The Balaban J connectivity index is 1.54. The van der Waals surface area contributed by atoms with Gasteiger partial charge in [-0.05, 0) is 54.1 Å². The average Bonchev–Trinajstić information content (AvgIpc) is 3.12. The molecule has 0 saturated heterocycles. The van der Waals surface area contributed by atoms with Gasteiger partial charge in [0, 0.05) is 18.6 Å². The van der Waals surface area contributed by atoms with Gasteiger partial charge in [-0.2, -0.15) is 9.98 Å². The quantitative estimate of drug-likeness (QED) is 0.532. The van der Waals surface area contributed by atoms with Crippen LogP contribution in [-0.4, -0.2) is 34.7 Å². The van der Waals surface area contributed by atoms with Crippen molar-refractivity contribution >= 4 is 57.4 Å². The standard InChI is InChI=1S/C22H20ClN5O2S/c1-3-30-20-15-10-13(8-9-17(15)26-21(24-2)28-20)11-18-19(29)27-22(31-18)25-12-14-6-4-5-7-16(14)23/h4-11H,3,12H2,1-2H3,(H,24,26,28)(H,25,27,29). The van der Waals surface area contributed by atoms with Crippen molar-refractivity contribution in [1.29, 1.82) is 0 Å². The first-order chi connectivity index (χ1) is 15.1. The van der Waals surface area contributed by atoms with E-state index in [2.05, 4.69) is 25.6 Å².